The van der Waals surface area contributed by atoms with Gasteiger partial charge in [-0.15, -0.1) is 11.8 Å². The highest BCUT2D eigenvalue weighted by Crippen LogP contribution is 2.42. The molecule has 132 valence electrons. The molecule has 0 saturated heterocycles. The van der Waals surface area contributed by atoms with Gasteiger partial charge in [-0.2, -0.15) is 5.10 Å². The molecule has 1 aromatic heterocycles. The molecule has 0 fully saturated rings. The van der Waals surface area contributed by atoms with Crippen molar-refractivity contribution in [3.05, 3.63) is 69.9 Å². The second-order valence-corrected chi connectivity index (χ2v) is 7.79. The van der Waals surface area contributed by atoms with Gasteiger partial charge in [0.05, 0.1) is 5.69 Å². The van der Waals surface area contributed by atoms with Crippen LogP contribution in [0.3, 0.4) is 0 Å². The van der Waals surface area contributed by atoms with Crippen LogP contribution in [0.1, 0.15) is 27.2 Å². The number of hydrogen-bond acceptors (Lipinski definition) is 3. The van der Waals surface area contributed by atoms with Crippen molar-refractivity contribution in [2.75, 3.05) is 0 Å². The zero-order chi connectivity index (χ0) is 18.3. The number of amides is 1. The van der Waals surface area contributed by atoms with Gasteiger partial charge in [-0.1, -0.05) is 41.4 Å². The molecule has 2 aromatic carbocycles. The van der Waals surface area contributed by atoms with E-state index in [0.717, 1.165) is 28.1 Å². The average Bonchev–Trinajstić information content (AvgIpc) is 2.98. The third-order valence-corrected chi connectivity index (χ3v) is 5.99. The van der Waals surface area contributed by atoms with Crippen molar-refractivity contribution in [3.8, 4) is 11.3 Å². The third kappa shape index (κ3) is 3.02. The highest BCUT2D eigenvalue weighted by molar-refractivity contribution is 7.98. The number of aromatic nitrogens is 2. The van der Waals surface area contributed by atoms with Crippen LogP contribution in [0.25, 0.3) is 11.3 Å². The summed E-state index contributed by atoms with van der Waals surface area (Å²) in [4.78, 5) is 14.0. The van der Waals surface area contributed by atoms with E-state index in [2.05, 4.69) is 35.5 Å². The van der Waals surface area contributed by atoms with Crippen LogP contribution in [0.15, 0.2) is 47.4 Å². The lowest BCUT2D eigenvalue weighted by Crippen LogP contribution is -2.24. The summed E-state index contributed by atoms with van der Waals surface area (Å²) in [5.74, 6) is 0.576. The molecule has 0 radical (unpaired) electrons. The number of rotatable bonds is 3. The number of carbonyl (C=O) groups is 1. The fourth-order valence-electron chi connectivity index (χ4n) is 3.23. The number of halogens is 1. The molecule has 0 bridgehead atoms. The van der Waals surface area contributed by atoms with E-state index in [0.29, 0.717) is 17.3 Å². The summed E-state index contributed by atoms with van der Waals surface area (Å²) in [5.41, 5.74) is 5.76. The smallest absolute Gasteiger partial charge is 0.272 e. The van der Waals surface area contributed by atoms with Crippen molar-refractivity contribution < 1.29 is 4.79 Å². The molecule has 0 spiro atoms. The van der Waals surface area contributed by atoms with Gasteiger partial charge < -0.3 is 5.32 Å². The Morgan fingerprint density at radius 1 is 1.31 bits per heavy atom. The number of carbonyl (C=O) groups excluding carboxylic acids is 1. The van der Waals surface area contributed by atoms with Gasteiger partial charge in [0.2, 0.25) is 0 Å². The van der Waals surface area contributed by atoms with E-state index >= 15 is 0 Å². The van der Waals surface area contributed by atoms with E-state index in [4.69, 9.17) is 11.6 Å². The quantitative estimate of drug-likeness (QED) is 0.719. The van der Waals surface area contributed by atoms with E-state index in [9.17, 15) is 4.79 Å². The lowest BCUT2D eigenvalue weighted by Gasteiger charge is -2.17. The number of benzene rings is 2. The first-order chi connectivity index (χ1) is 12.5. The molecule has 0 atom stereocenters. The summed E-state index contributed by atoms with van der Waals surface area (Å²) in [6, 6.07) is 13.9. The molecular weight excluding hydrogens is 366 g/mol. The van der Waals surface area contributed by atoms with Crippen LogP contribution in [0.5, 0.6) is 0 Å². The summed E-state index contributed by atoms with van der Waals surface area (Å²) >= 11 is 7.92. The number of fused-ring (bicyclic) bond motifs is 3. The first-order valence-electron chi connectivity index (χ1n) is 8.36. The first-order valence-corrected chi connectivity index (χ1v) is 9.72. The molecule has 0 saturated carbocycles. The van der Waals surface area contributed by atoms with Gasteiger partial charge in [0, 0.05) is 40.4 Å². The highest BCUT2D eigenvalue weighted by atomic mass is 35.5. The molecule has 26 heavy (non-hydrogen) atoms. The van der Waals surface area contributed by atoms with Crippen LogP contribution in [0.2, 0.25) is 5.02 Å². The summed E-state index contributed by atoms with van der Waals surface area (Å²) in [6.07, 6.45) is 0. The Hall–Kier alpha value is -2.24. The molecule has 1 aliphatic heterocycles. The highest BCUT2D eigenvalue weighted by Gasteiger charge is 2.27. The molecule has 4 rings (SSSR count). The first kappa shape index (κ1) is 17.2. The topological polar surface area (TPSA) is 46.9 Å². The molecule has 1 N–H and O–H groups in total. The Labute approximate surface area is 161 Å². The van der Waals surface area contributed by atoms with E-state index < -0.39 is 0 Å². The van der Waals surface area contributed by atoms with Crippen LogP contribution in [-0.4, -0.2) is 15.7 Å². The fourth-order valence-corrected chi connectivity index (χ4v) is 4.48. The normalized spacial score (nSPS) is 12.4. The van der Waals surface area contributed by atoms with Crippen LogP contribution < -0.4 is 5.32 Å². The molecule has 3 aromatic rings. The lowest BCUT2D eigenvalue weighted by atomic mass is 10.0. The zero-order valence-electron chi connectivity index (χ0n) is 14.5. The van der Waals surface area contributed by atoms with Crippen molar-refractivity contribution in [2.24, 2.45) is 7.05 Å². The molecule has 0 unspecified atom stereocenters. The SMILES string of the molecule is Cc1ccc2c(c1)-c1c(c(C(=O)NCc3ccccc3Cl)nn1C)CS2. The number of nitrogens with zero attached hydrogens (tertiary/aromatic N) is 2. The van der Waals surface area contributed by atoms with Gasteiger partial charge in [0.25, 0.3) is 5.91 Å². The van der Waals surface area contributed by atoms with Crippen molar-refractivity contribution in [1.82, 2.24) is 15.1 Å². The molecule has 2 heterocycles. The zero-order valence-corrected chi connectivity index (χ0v) is 16.1. The molecule has 0 aliphatic carbocycles. The van der Waals surface area contributed by atoms with Crippen molar-refractivity contribution in [2.45, 2.75) is 24.1 Å². The van der Waals surface area contributed by atoms with Crippen LogP contribution >= 0.6 is 23.4 Å². The summed E-state index contributed by atoms with van der Waals surface area (Å²) in [6.45, 7) is 2.46. The molecular formula is C20H18ClN3OS. The van der Waals surface area contributed by atoms with Gasteiger partial charge in [-0.3, -0.25) is 9.48 Å². The molecule has 1 amide bonds. The minimum Gasteiger partial charge on any atom is -0.346 e. The molecule has 4 nitrogen and oxygen atoms in total. The number of hydrogen-bond donors (Lipinski definition) is 1. The Morgan fingerprint density at radius 2 is 2.12 bits per heavy atom. The Bertz CT molecular complexity index is 1010. The van der Waals surface area contributed by atoms with Gasteiger partial charge >= 0.3 is 0 Å². The second-order valence-electron chi connectivity index (χ2n) is 6.36. The van der Waals surface area contributed by atoms with E-state index in [1.807, 2.05) is 36.0 Å². The lowest BCUT2D eigenvalue weighted by molar-refractivity contribution is 0.0944. The monoisotopic (exact) mass is 383 g/mol. The van der Waals surface area contributed by atoms with Crippen LogP contribution in [0, 0.1) is 6.92 Å². The van der Waals surface area contributed by atoms with E-state index in [1.165, 1.54) is 10.5 Å². The van der Waals surface area contributed by atoms with Gasteiger partial charge in [-0.05, 0) is 30.7 Å². The maximum Gasteiger partial charge on any atom is 0.272 e. The minimum absolute atomic E-state index is 0.168. The van der Waals surface area contributed by atoms with Crippen molar-refractivity contribution >= 4 is 29.3 Å². The predicted molar refractivity (Wildman–Crippen MR) is 106 cm³/mol. The summed E-state index contributed by atoms with van der Waals surface area (Å²) in [5, 5.41) is 8.11. The van der Waals surface area contributed by atoms with E-state index in [1.54, 1.807) is 11.8 Å². The van der Waals surface area contributed by atoms with Crippen LogP contribution in [0.4, 0.5) is 0 Å². The number of nitrogens with one attached hydrogen (secondary N) is 1. The maximum atomic E-state index is 12.8. The largest absolute Gasteiger partial charge is 0.346 e. The number of aryl methyl sites for hydroxylation is 2. The molecule has 6 heteroatoms. The third-order valence-electron chi connectivity index (χ3n) is 4.52. The summed E-state index contributed by atoms with van der Waals surface area (Å²) < 4.78 is 1.82. The predicted octanol–water partition coefficient (Wildman–Crippen LogP) is 4.58. The summed E-state index contributed by atoms with van der Waals surface area (Å²) in [7, 11) is 1.89. The van der Waals surface area contributed by atoms with Gasteiger partial charge in [0.1, 0.15) is 0 Å². The minimum atomic E-state index is -0.168. The van der Waals surface area contributed by atoms with Crippen LogP contribution in [-0.2, 0) is 19.3 Å². The Morgan fingerprint density at radius 3 is 2.92 bits per heavy atom. The van der Waals surface area contributed by atoms with Crippen molar-refractivity contribution in [3.63, 3.8) is 0 Å². The Kier molecular flexibility index (Phi) is 4.51. The van der Waals surface area contributed by atoms with Gasteiger partial charge in [-0.25, -0.2) is 0 Å². The molecule has 1 aliphatic rings. The fraction of sp³-hybridized carbons (Fsp3) is 0.200. The average molecular weight is 384 g/mol. The van der Waals surface area contributed by atoms with Gasteiger partial charge in [0.15, 0.2) is 5.69 Å². The Balaban J connectivity index is 1.64. The number of thioether (sulfide) groups is 1. The standard InChI is InChI=1S/C20H18ClN3OS/c1-12-7-8-17-14(9-12)19-15(11-26-17)18(23-24(19)2)20(25)22-10-13-5-3-4-6-16(13)21/h3-9H,10-11H2,1-2H3,(H,22,25). The second kappa shape index (κ2) is 6.82. The maximum absolute atomic E-state index is 12.8. The van der Waals surface area contributed by atoms with Crippen molar-refractivity contribution in [1.29, 1.82) is 0 Å². The van der Waals surface area contributed by atoms with E-state index in [-0.39, 0.29) is 5.91 Å².